The predicted molar refractivity (Wildman–Crippen MR) is 89.7 cm³/mol. The lowest BCUT2D eigenvalue weighted by Crippen LogP contribution is -2.14. The second kappa shape index (κ2) is 6.83. The molecule has 1 N–H and O–H groups in total. The Bertz CT molecular complexity index is 778. The molecule has 1 amide bonds. The highest BCUT2D eigenvalue weighted by Crippen LogP contribution is 2.19. The van der Waals surface area contributed by atoms with Crippen LogP contribution in [0.25, 0.3) is 0 Å². The van der Waals surface area contributed by atoms with E-state index in [-0.39, 0.29) is 10.8 Å². The lowest BCUT2D eigenvalue weighted by atomic mass is 10.2. The van der Waals surface area contributed by atoms with Gasteiger partial charge in [0.05, 0.1) is 17.3 Å². The number of anilines is 1. The molecule has 0 radical (unpaired) electrons. The number of methoxy groups -OCH3 is 1. The standard InChI is InChI=1S/C17H19NO4S/c1-12(2)23(20,21)16-10-6-14(7-11-16)18-17(19)13-4-8-15(22-3)9-5-13/h4-12H,1-3H3,(H,18,19). The molecule has 5 nitrogen and oxygen atoms in total. The molecule has 0 aromatic heterocycles. The van der Waals surface area contributed by atoms with Crippen LogP contribution in [0.5, 0.6) is 5.75 Å². The van der Waals surface area contributed by atoms with E-state index in [1.807, 2.05) is 0 Å². The summed E-state index contributed by atoms with van der Waals surface area (Å²) in [6, 6.07) is 12.9. The minimum absolute atomic E-state index is 0.245. The van der Waals surface area contributed by atoms with Crippen molar-refractivity contribution >= 4 is 21.4 Å². The monoisotopic (exact) mass is 333 g/mol. The Morgan fingerprint density at radius 1 is 1.00 bits per heavy atom. The van der Waals surface area contributed by atoms with Crippen molar-refractivity contribution in [2.24, 2.45) is 0 Å². The van der Waals surface area contributed by atoms with E-state index >= 15 is 0 Å². The number of hydrogen-bond acceptors (Lipinski definition) is 4. The molecule has 0 aliphatic carbocycles. The van der Waals surface area contributed by atoms with Crippen LogP contribution in [0.3, 0.4) is 0 Å². The molecule has 0 saturated heterocycles. The van der Waals surface area contributed by atoms with Crippen molar-refractivity contribution in [1.82, 2.24) is 0 Å². The largest absolute Gasteiger partial charge is 0.497 e. The Labute approximate surface area is 136 Å². The van der Waals surface area contributed by atoms with E-state index in [1.54, 1.807) is 57.4 Å². The molecule has 0 aliphatic rings. The maximum Gasteiger partial charge on any atom is 0.255 e. The van der Waals surface area contributed by atoms with Gasteiger partial charge < -0.3 is 10.1 Å². The van der Waals surface area contributed by atoms with Crippen LogP contribution in [-0.4, -0.2) is 26.7 Å². The lowest BCUT2D eigenvalue weighted by Gasteiger charge is -2.09. The number of nitrogens with one attached hydrogen (secondary N) is 1. The van der Waals surface area contributed by atoms with E-state index in [0.717, 1.165) is 0 Å². The number of hydrogen-bond donors (Lipinski definition) is 1. The normalized spacial score (nSPS) is 11.3. The number of rotatable bonds is 5. The summed E-state index contributed by atoms with van der Waals surface area (Å²) in [7, 11) is -1.75. The maximum absolute atomic E-state index is 12.1. The van der Waals surface area contributed by atoms with Gasteiger partial charge in [0.1, 0.15) is 5.75 Å². The van der Waals surface area contributed by atoms with Gasteiger partial charge in [-0.2, -0.15) is 0 Å². The Balaban J connectivity index is 2.13. The summed E-state index contributed by atoms with van der Waals surface area (Å²) in [6.45, 7) is 3.27. The molecule has 2 aromatic rings. The van der Waals surface area contributed by atoms with E-state index in [4.69, 9.17) is 4.74 Å². The van der Waals surface area contributed by atoms with Gasteiger partial charge in [-0.05, 0) is 62.4 Å². The quantitative estimate of drug-likeness (QED) is 0.912. The molecule has 0 unspecified atom stereocenters. The van der Waals surface area contributed by atoms with Crippen molar-refractivity contribution in [3.05, 3.63) is 54.1 Å². The maximum atomic E-state index is 12.1. The summed E-state index contributed by atoms with van der Waals surface area (Å²) in [5.41, 5.74) is 1.03. The topological polar surface area (TPSA) is 72.5 Å². The first-order valence-electron chi connectivity index (χ1n) is 7.14. The van der Waals surface area contributed by atoms with E-state index < -0.39 is 15.1 Å². The van der Waals surface area contributed by atoms with E-state index in [9.17, 15) is 13.2 Å². The fraction of sp³-hybridized carbons (Fsp3) is 0.235. The summed E-state index contributed by atoms with van der Waals surface area (Å²) in [5.74, 6) is 0.400. The Morgan fingerprint density at radius 3 is 2.04 bits per heavy atom. The fourth-order valence-electron chi connectivity index (χ4n) is 1.95. The molecule has 2 rings (SSSR count). The van der Waals surface area contributed by atoms with Crippen LogP contribution >= 0.6 is 0 Å². The predicted octanol–water partition coefficient (Wildman–Crippen LogP) is 3.13. The van der Waals surface area contributed by atoms with E-state index in [1.165, 1.54) is 12.1 Å². The average molecular weight is 333 g/mol. The molecule has 6 heteroatoms. The van der Waals surface area contributed by atoms with Crippen LogP contribution in [0.15, 0.2) is 53.4 Å². The van der Waals surface area contributed by atoms with Gasteiger partial charge in [-0.1, -0.05) is 0 Å². The number of sulfone groups is 1. The smallest absolute Gasteiger partial charge is 0.255 e. The first-order valence-corrected chi connectivity index (χ1v) is 8.68. The summed E-state index contributed by atoms with van der Waals surface area (Å²) in [4.78, 5) is 12.4. The number of benzene rings is 2. The highest BCUT2D eigenvalue weighted by molar-refractivity contribution is 7.92. The van der Waals surface area contributed by atoms with Crippen molar-refractivity contribution < 1.29 is 17.9 Å². The third kappa shape index (κ3) is 3.90. The van der Waals surface area contributed by atoms with Crippen molar-refractivity contribution in [2.45, 2.75) is 24.0 Å². The van der Waals surface area contributed by atoms with Gasteiger partial charge in [0.2, 0.25) is 0 Å². The summed E-state index contributed by atoms with van der Waals surface area (Å²) < 4.78 is 29.1. The van der Waals surface area contributed by atoms with Gasteiger partial charge in [0, 0.05) is 11.3 Å². The molecule has 122 valence electrons. The van der Waals surface area contributed by atoms with Crippen molar-refractivity contribution in [1.29, 1.82) is 0 Å². The molecule has 0 spiro atoms. The molecule has 0 bridgehead atoms. The molecule has 0 fully saturated rings. The molecule has 0 atom stereocenters. The zero-order valence-corrected chi connectivity index (χ0v) is 14.1. The van der Waals surface area contributed by atoms with Crippen LogP contribution in [0.2, 0.25) is 0 Å². The van der Waals surface area contributed by atoms with Gasteiger partial charge in [-0.25, -0.2) is 8.42 Å². The van der Waals surface area contributed by atoms with Gasteiger partial charge in [0.15, 0.2) is 9.84 Å². The molecule has 0 aliphatic heterocycles. The molecule has 23 heavy (non-hydrogen) atoms. The number of ether oxygens (including phenoxy) is 1. The Morgan fingerprint density at radius 2 is 1.57 bits per heavy atom. The zero-order chi connectivity index (χ0) is 17.0. The average Bonchev–Trinajstić information content (AvgIpc) is 2.55. The Hall–Kier alpha value is -2.34. The van der Waals surface area contributed by atoms with Crippen LogP contribution < -0.4 is 10.1 Å². The molecule has 2 aromatic carbocycles. The van der Waals surface area contributed by atoms with E-state index in [2.05, 4.69) is 5.32 Å². The minimum Gasteiger partial charge on any atom is -0.497 e. The molecule has 0 heterocycles. The molecule has 0 saturated carbocycles. The first-order chi connectivity index (χ1) is 10.8. The third-order valence-corrected chi connectivity index (χ3v) is 5.58. The minimum atomic E-state index is -3.31. The number of amides is 1. The molecular weight excluding hydrogens is 314 g/mol. The highest BCUT2D eigenvalue weighted by Gasteiger charge is 2.18. The lowest BCUT2D eigenvalue weighted by molar-refractivity contribution is 0.102. The van der Waals surface area contributed by atoms with Crippen LogP contribution in [0.4, 0.5) is 5.69 Å². The summed E-state index contributed by atoms with van der Waals surface area (Å²) in [5, 5.41) is 2.24. The second-order valence-corrected chi connectivity index (χ2v) is 7.80. The van der Waals surface area contributed by atoms with Gasteiger partial charge >= 0.3 is 0 Å². The summed E-state index contributed by atoms with van der Waals surface area (Å²) >= 11 is 0. The fourth-order valence-corrected chi connectivity index (χ4v) is 3.01. The molecular formula is C17H19NO4S. The second-order valence-electron chi connectivity index (χ2n) is 5.30. The Kier molecular flexibility index (Phi) is 5.05. The van der Waals surface area contributed by atoms with Crippen molar-refractivity contribution in [3.8, 4) is 5.75 Å². The highest BCUT2D eigenvalue weighted by atomic mass is 32.2. The summed E-state index contributed by atoms with van der Waals surface area (Å²) in [6.07, 6.45) is 0. The van der Waals surface area contributed by atoms with Gasteiger partial charge in [-0.3, -0.25) is 4.79 Å². The third-order valence-electron chi connectivity index (χ3n) is 3.41. The SMILES string of the molecule is COc1ccc(C(=O)Nc2ccc(S(=O)(=O)C(C)C)cc2)cc1. The van der Waals surface area contributed by atoms with E-state index in [0.29, 0.717) is 17.0 Å². The van der Waals surface area contributed by atoms with Crippen molar-refractivity contribution in [2.75, 3.05) is 12.4 Å². The number of carbonyl (C=O) groups excluding carboxylic acids is 1. The first kappa shape index (κ1) is 17.0. The van der Waals surface area contributed by atoms with Crippen LogP contribution in [-0.2, 0) is 9.84 Å². The van der Waals surface area contributed by atoms with Crippen molar-refractivity contribution in [3.63, 3.8) is 0 Å². The van der Waals surface area contributed by atoms with Gasteiger partial charge in [-0.15, -0.1) is 0 Å². The number of carbonyl (C=O) groups is 1. The van der Waals surface area contributed by atoms with Gasteiger partial charge in [0.25, 0.3) is 5.91 Å². The zero-order valence-electron chi connectivity index (χ0n) is 13.2. The van der Waals surface area contributed by atoms with Crippen LogP contribution in [0, 0.1) is 0 Å². The van der Waals surface area contributed by atoms with Crippen LogP contribution in [0.1, 0.15) is 24.2 Å².